The molecule has 0 bridgehead atoms. The highest BCUT2D eigenvalue weighted by Crippen LogP contribution is 2.35. The number of piperidine rings is 1. The van der Waals surface area contributed by atoms with Crippen molar-refractivity contribution < 1.29 is 14.3 Å². The SMILES string of the molecule is CCCN1CCC(O)(c2ccc3oc(C(=O)N(C)Cc4cccc5cccnc45)cc3c2)CC1. The van der Waals surface area contributed by atoms with Crippen LogP contribution in [0.15, 0.2) is 65.2 Å². The minimum atomic E-state index is -0.835. The molecule has 1 amide bonds. The third-order valence-corrected chi connectivity index (χ3v) is 6.96. The highest BCUT2D eigenvalue weighted by Gasteiger charge is 2.34. The second-order valence-corrected chi connectivity index (χ2v) is 9.39. The van der Waals surface area contributed by atoms with Gasteiger partial charge in [0.1, 0.15) is 5.58 Å². The highest BCUT2D eigenvalue weighted by atomic mass is 16.3. The van der Waals surface area contributed by atoms with Crippen molar-refractivity contribution in [2.75, 3.05) is 26.7 Å². The maximum absolute atomic E-state index is 13.2. The van der Waals surface area contributed by atoms with Crippen molar-refractivity contribution in [2.45, 2.75) is 38.3 Å². The Bertz CT molecular complexity index is 1320. The van der Waals surface area contributed by atoms with E-state index < -0.39 is 5.60 Å². The minimum absolute atomic E-state index is 0.183. The van der Waals surface area contributed by atoms with Gasteiger partial charge >= 0.3 is 0 Å². The van der Waals surface area contributed by atoms with Crippen molar-refractivity contribution in [3.05, 3.63) is 77.7 Å². The van der Waals surface area contributed by atoms with Crippen molar-refractivity contribution in [3.63, 3.8) is 0 Å². The number of carbonyl (C=O) groups excluding carboxylic acids is 1. The van der Waals surface area contributed by atoms with Crippen LogP contribution in [0.5, 0.6) is 0 Å². The van der Waals surface area contributed by atoms with E-state index in [0.717, 1.165) is 53.5 Å². The summed E-state index contributed by atoms with van der Waals surface area (Å²) in [6.07, 6.45) is 4.32. The van der Waals surface area contributed by atoms with Crippen molar-refractivity contribution in [1.82, 2.24) is 14.8 Å². The number of likely N-dealkylation sites (tertiary alicyclic amines) is 1. The summed E-state index contributed by atoms with van der Waals surface area (Å²) in [5.74, 6) is 0.116. The van der Waals surface area contributed by atoms with Crippen molar-refractivity contribution in [3.8, 4) is 0 Å². The zero-order valence-corrected chi connectivity index (χ0v) is 19.8. The van der Waals surface area contributed by atoms with E-state index in [1.54, 1.807) is 24.2 Å². The Balaban J connectivity index is 1.34. The fourth-order valence-electron chi connectivity index (χ4n) is 5.00. The van der Waals surface area contributed by atoms with Gasteiger partial charge in [-0.2, -0.15) is 0 Å². The molecule has 3 heterocycles. The van der Waals surface area contributed by atoms with Crippen molar-refractivity contribution in [1.29, 1.82) is 0 Å². The quantitative estimate of drug-likeness (QED) is 0.444. The van der Waals surface area contributed by atoms with Gasteiger partial charge in [-0.1, -0.05) is 37.3 Å². The molecule has 34 heavy (non-hydrogen) atoms. The van der Waals surface area contributed by atoms with Crippen LogP contribution in [0.4, 0.5) is 0 Å². The van der Waals surface area contributed by atoms with Crippen molar-refractivity contribution in [2.24, 2.45) is 0 Å². The molecule has 0 spiro atoms. The summed E-state index contributed by atoms with van der Waals surface area (Å²) in [7, 11) is 1.77. The Labute approximate surface area is 199 Å². The summed E-state index contributed by atoms with van der Waals surface area (Å²) < 4.78 is 5.90. The lowest BCUT2D eigenvalue weighted by atomic mass is 9.84. The summed E-state index contributed by atoms with van der Waals surface area (Å²) in [4.78, 5) is 21.7. The fourth-order valence-corrected chi connectivity index (χ4v) is 5.00. The molecule has 0 unspecified atom stereocenters. The second-order valence-electron chi connectivity index (χ2n) is 9.39. The summed E-state index contributed by atoms with van der Waals surface area (Å²) in [6.45, 7) is 5.48. The molecule has 0 atom stereocenters. The third kappa shape index (κ3) is 4.31. The monoisotopic (exact) mass is 457 g/mol. The number of pyridine rings is 1. The molecule has 0 radical (unpaired) electrons. The first kappa shape index (κ1) is 22.6. The molecule has 6 nitrogen and oxygen atoms in total. The molecule has 2 aromatic heterocycles. The number of para-hydroxylation sites is 1. The average Bonchev–Trinajstić information content (AvgIpc) is 3.29. The lowest BCUT2D eigenvalue weighted by molar-refractivity contribution is -0.0256. The molecule has 4 aromatic rings. The van der Waals surface area contributed by atoms with Gasteiger partial charge in [-0.3, -0.25) is 9.78 Å². The number of benzene rings is 2. The number of rotatable bonds is 6. The van der Waals surface area contributed by atoms with E-state index in [0.29, 0.717) is 30.7 Å². The summed E-state index contributed by atoms with van der Waals surface area (Å²) in [5.41, 5.74) is 2.60. The van der Waals surface area contributed by atoms with Gasteiger partial charge in [0.2, 0.25) is 0 Å². The van der Waals surface area contributed by atoms with Crippen molar-refractivity contribution >= 4 is 27.8 Å². The number of amides is 1. The summed E-state index contributed by atoms with van der Waals surface area (Å²) >= 11 is 0. The minimum Gasteiger partial charge on any atom is -0.451 e. The molecule has 5 rings (SSSR count). The predicted molar refractivity (Wildman–Crippen MR) is 134 cm³/mol. The number of hydrogen-bond donors (Lipinski definition) is 1. The van der Waals surface area contributed by atoms with Crippen LogP contribution < -0.4 is 0 Å². The highest BCUT2D eigenvalue weighted by molar-refractivity contribution is 5.96. The van der Waals surface area contributed by atoms with Crippen LogP contribution in [0.25, 0.3) is 21.9 Å². The zero-order valence-electron chi connectivity index (χ0n) is 19.8. The summed E-state index contributed by atoms with van der Waals surface area (Å²) in [6, 6.07) is 17.5. The van der Waals surface area contributed by atoms with E-state index >= 15 is 0 Å². The Morgan fingerprint density at radius 2 is 1.91 bits per heavy atom. The molecule has 0 aliphatic carbocycles. The number of hydrogen-bond acceptors (Lipinski definition) is 5. The number of fused-ring (bicyclic) bond motifs is 2. The van der Waals surface area contributed by atoms with Gasteiger partial charge in [-0.05, 0) is 61.2 Å². The van der Waals surface area contributed by atoms with Gasteiger partial charge in [-0.15, -0.1) is 0 Å². The predicted octanol–water partition coefficient (Wildman–Crippen LogP) is 4.95. The number of nitrogens with zero attached hydrogens (tertiary/aromatic N) is 3. The molecule has 1 aliphatic heterocycles. The van der Waals surface area contributed by atoms with Gasteiger partial charge in [0.25, 0.3) is 5.91 Å². The Kier molecular flexibility index (Phi) is 6.11. The Morgan fingerprint density at radius 3 is 2.71 bits per heavy atom. The van der Waals surface area contributed by atoms with Crippen LogP contribution in [0, 0.1) is 0 Å². The number of furan rings is 1. The van der Waals surface area contributed by atoms with Crippen LogP contribution in [-0.4, -0.2) is 52.5 Å². The maximum atomic E-state index is 13.2. The Hall–Kier alpha value is -3.22. The van der Waals surface area contributed by atoms with Gasteiger partial charge < -0.3 is 19.3 Å². The van der Waals surface area contributed by atoms with E-state index in [-0.39, 0.29) is 5.91 Å². The second kappa shape index (κ2) is 9.20. The van der Waals surface area contributed by atoms with Gasteiger partial charge in [0.05, 0.1) is 11.1 Å². The molecular formula is C28H31N3O3. The van der Waals surface area contributed by atoms with Crippen LogP contribution in [-0.2, 0) is 12.1 Å². The maximum Gasteiger partial charge on any atom is 0.289 e. The first-order valence-corrected chi connectivity index (χ1v) is 12.0. The molecular weight excluding hydrogens is 426 g/mol. The largest absolute Gasteiger partial charge is 0.451 e. The lowest BCUT2D eigenvalue weighted by Crippen LogP contribution is -2.42. The first-order chi connectivity index (χ1) is 16.5. The van der Waals surface area contributed by atoms with Gasteiger partial charge in [-0.25, -0.2) is 0 Å². The average molecular weight is 458 g/mol. The molecule has 176 valence electrons. The van der Waals surface area contributed by atoms with Gasteiger partial charge in [0, 0.05) is 43.7 Å². The molecule has 2 aromatic carbocycles. The standard InChI is InChI=1S/C28H31N3O3/c1-3-14-31-15-11-28(33,12-16-31)23-9-10-24-22(17-23)18-25(34-24)27(32)30(2)19-21-7-4-6-20-8-5-13-29-26(20)21/h4-10,13,17-18,33H,3,11-12,14-16,19H2,1-2H3. The normalized spacial score (nSPS) is 16.2. The van der Waals surface area contributed by atoms with E-state index in [1.165, 1.54) is 0 Å². The first-order valence-electron chi connectivity index (χ1n) is 12.0. The van der Waals surface area contributed by atoms with Crippen LogP contribution in [0.2, 0.25) is 0 Å². The number of aliphatic hydroxyl groups is 1. The van der Waals surface area contributed by atoms with Crippen LogP contribution in [0.3, 0.4) is 0 Å². The molecule has 1 fully saturated rings. The van der Waals surface area contributed by atoms with E-state index in [9.17, 15) is 9.90 Å². The zero-order chi connectivity index (χ0) is 23.7. The Morgan fingerprint density at radius 1 is 1.12 bits per heavy atom. The van der Waals surface area contributed by atoms with Gasteiger partial charge in [0.15, 0.2) is 5.76 Å². The molecule has 1 N–H and O–H groups in total. The topological polar surface area (TPSA) is 69.8 Å². The van der Waals surface area contributed by atoms with E-state index in [4.69, 9.17) is 4.42 Å². The fraction of sp³-hybridized carbons (Fsp3) is 0.357. The number of carbonyl (C=O) groups is 1. The van der Waals surface area contributed by atoms with E-state index in [2.05, 4.69) is 16.8 Å². The molecule has 0 saturated carbocycles. The third-order valence-electron chi connectivity index (χ3n) is 6.96. The molecule has 6 heteroatoms. The lowest BCUT2D eigenvalue weighted by Gasteiger charge is -2.38. The molecule has 1 aliphatic rings. The summed E-state index contributed by atoms with van der Waals surface area (Å²) in [5, 5.41) is 13.2. The van der Waals surface area contributed by atoms with Crippen LogP contribution >= 0.6 is 0 Å². The number of aromatic nitrogens is 1. The van der Waals surface area contributed by atoms with E-state index in [1.807, 2.05) is 48.5 Å². The van der Waals surface area contributed by atoms with Crippen LogP contribution in [0.1, 0.15) is 47.9 Å². The smallest absolute Gasteiger partial charge is 0.289 e. The molecule has 1 saturated heterocycles.